The zero-order chi connectivity index (χ0) is 17.2. The lowest BCUT2D eigenvalue weighted by Gasteiger charge is -2.24. The summed E-state index contributed by atoms with van der Waals surface area (Å²) < 4.78 is 18.5. The average molecular weight is 344 g/mol. The molecule has 25 heavy (non-hydrogen) atoms. The van der Waals surface area contributed by atoms with Crippen LogP contribution in [0.15, 0.2) is 24.3 Å². The summed E-state index contributed by atoms with van der Waals surface area (Å²) in [6.07, 6.45) is 1.33. The zero-order valence-corrected chi connectivity index (χ0v) is 14.0. The fourth-order valence-electron chi connectivity index (χ4n) is 4.97. The smallest absolute Gasteiger partial charge is 0.227 e. The Kier molecular flexibility index (Phi) is 3.23. The van der Waals surface area contributed by atoms with Gasteiger partial charge in [-0.05, 0) is 42.5 Å². The molecule has 0 bridgehead atoms. The number of amides is 2. The lowest BCUT2D eigenvalue weighted by Crippen LogP contribution is -2.36. The summed E-state index contributed by atoms with van der Waals surface area (Å²) in [5, 5.41) is 0. The maximum Gasteiger partial charge on any atom is 0.227 e. The molecular weight excluding hydrogens is 323 g/mol. The number of anilines is 1. The Labute approximate surface area is 145 Å². The summed E-state index contributed by atoms with van der Waals surface area (Å²) in [6, 6.07) is 6.06. The van der Waals surface area contributed by atoms with Gasteiger partial charge in [-0.1, -0.05) is 0 Å². The van der Waals surface area contributed by atoms with Crippen molar-refractivity contribution in [1.29, 1.82) is 0 Å². The minimum Gasteiger partial charge on any atom is -0.381 e. The van der Waals surface area contributed by atoms with Crippen molar-refractivity contribution in [2.24, 2.45) is 23.2 Å². The van der Waals surface area contributed by atoms with E-state index in [0.717, 1.165) is 31.9 Å². The summed E-state index contributed by atoms with van der Waals surface area (Å²) in [5.41, 5.74) is 0.587. The second kappa shape index (κ2) is 5.27. The summed E-state index contributed by atoms with van der Waals surface area (Å²) in [4.78, 5) is 29.0. The minimum absolute atomic E-state index is 0.0672. The summed E-state index contributed by atoms with van der Waals surface area (Å²) in [6.45, 7) is 3.45. The van der Waals surface area contributed by atoms with Crippen LogP contribution in [0.3, 0.4) is 0 Å². The molecular formula is C19H21FN2O3. The Hall–Kier alpha value is -1.95. The molecule has 0 aromatic heterocycles. The average Bonchev–Trinajstić information content (AvgIpc) is 2.99. The van der Waals surface area contributed by atoms with Gasteiger partial charge in [-0.15, -0.1) is 0 Å². The van der Waals surface area contributed by atoms with E-state index >= 15 is 0 Å². The van der Waals surface area contributed by atoms with Crippen LogP contribution >= 0.6 is 0 Å². The third-order valence-electron chi connectivity index (χ3n) is 6.45. The number of hydrogen-bond acceptors (Lipinski definition) is 3. The highest BCUT2D eigenvalue weighted by atomic mass is 19.1. The van der Waals surface area contributed by atoms with E-state index in [0.29, 0.717) is 31.3 Å². The quantitative estimate of drug-likeness (QED) is 0.820. The number of hydrogen-bond donors (Lipinski definition) is 0. The lowest BCUT2D eigenvalue weighted by molar-refractivity contribution is -0.133. The van der Waals surface area contributed by atoms with Crippen molar-refractivity contribution in [1.82, 2.24) is 4.90 Å². The normalized spacial score (nSPS) is 36.4. The molecule has 5 nitrogen and oxygen atoms in total. The molecule has 1 aromatic rings. The van der Waals surface area contributed by atoms with Gasteiger partial charge in [-0.25, -0.2) is 4.39 Å². The molecule has 3 heterocycles. The van der Waals surface area contributed by atoms with E-state index in [9.17, 15) is 14.0 Å². The summed E-state index contributed by atoms with van der Waals surface area (Å²) in [7, 11) is 0. The van der Waals surface area contributed by atoms with Crippen LogP contribution in [0, 0.1) is 29.0 Å². The molecule has 1 aliphatic carbocycles. The first-order chi connectivity index (χ1) is 12.1. The van der Waals surface area contributed by atoms with Crippen LogP contribution in [0.2, 0.25) is 0 Å². The van der Waals surface area contributed by atoms with Crippen molar-refractivity contribution in [3.05, 3.63) is 30.1 Å². The molecule has 2 amide bonds. The monoisotopic (exact) mass is 344 g/mol. The molecule has 1 aromatic carbocycles. The van der Waals surface area contributed by atoms with Crippen LogP contribution in [-0.2, 0) is 14.3 Å². The van der Waals surface area contributed by atoms with Crippen molar-refractivity contribution < 1.29 is 18.7 Å². The van der Waals surface area contributed by atoms with Crippen molar-refractivity contribution in [2.75, 3.05) is 37.7 Å². The summed E-state index contributed by atoms with van der Waals surface area (Å²) >= 11 is 0. The van der Waals surface area contributed by atoms with E-state index in [4.69, 9.17) is 4.74 Å². The topological polar surface area (TPSA) is 49.9 Å². The van der Waals surface area contributed by atoms with E-state index in [2.05, 4.69) is 0 Å². The molecule has 0 radical (unpaired) electrons. The SMILES string of the molecule is O=C(C1[C@H]2COC[C@@H]12)N1CCC2(CC(=O)N(c3ccc(F)cc3)C2)C1. The van der Waals surface area contributed by atoms with Gasteiger partial charge < -0.3 is 14.5 Å². The van der Waals surface area contributed by atoms with E-state index in [1.807, 2.05) is 4.90 Å². The highest BCUT2D eigenvalue weighted by Crippen LogP contribution is 2.52. The first-order valence-corrected chi connectivity index (χ1v) is 8.99. The molecule has 6 heteroatoms. The van der Waals surface area contributed by atoms with Crippen molar-refractivity contribution in [2.45, 2.75) is 12.8 Å². The highest BCUT2D eigenvalue weighted by Gasteiger charge is 2.60. The number of ether oxygens (including phenoxy) is 1. The third kappa shape index (κ3) is 2.38. The van der Waals surface area contributed by atoms with Crippen LogP contribution in [0.25, 0.3) is 0 Å². The molecule has 1 spiro atoms. The highest BCUT2D eigenvalue weighted by molar-refractivity contribution is 5.96. The zero-order valence-electron chi connectivity index (χ0n) is 14.0. The molecule has 1 saturated carbocycles. The largest absolute Gasteiger partial charge is 0.381 e. The second-order valence-corrected chi connectivity index (χ2v) is 8.03. The number of nitrogens with zero attached hydrogens (tertiary/aromatic N) is 2. The van der Waals surface area contributed by atoms with Crippen LogP contribution in [0.1, 0.15) is 12.8 Å². The number of halogens is 1. The predicted molar refractivity (Wildman–Crippen MR) is 88.3 cm³/mol. The van der Waals surface area contributed by atoms with Gasteiger partial charge in [-0.3, -0.25) is 9.59 Å². The Morgan fingerprint density at radius 2 is 1.88 bits per heavy atom. The summed E-state index contributed by atoms with van der Waals surface area (Å²) in [5.74, 6) is 1.01. The Morgan fingerprint density at radius 1 is 1.16 bits per heavy atom. The Morgan fingerprint density at radius 3 is 2.60 bits per heavy atom. The molecule has 2 unspecified atom stereocenters. The van der Waals surface area contributed by atoms with Crippen LogP contribution in [0.5, 0.6) is 0 Å². The molecule has 3 aliphatic heterocycles. The number of carbonyl (C=O) groups is 2. The van der Waals surface area contributed by atoms with Crippen molar-refractivity contribution in [3.8, 4) is 0 Å². The minimum atomic E-state index is -0.304. The second-order valence-electron chi connectivity index (χ2n) is 8.03. The van der Waals surface area contributed by atoms with E-state index in [-0.39, 0.29) is 29.0 Å². The van der Waals surface area contributed by atoms with Crippen LogP contribution < -0.4 is 4.90 Å². The van der Waals surface area contributed by atoms with Gasteiger partial charge in [-0.2, -0.15) is 0 Å². The number of rotatable bonds is 2. The maximum absolute atomic E-state index is 13.1. The van der Waals surface area contributed by atoms with Crippen LogP contribution in [-0.4, -0.2) is 49.6 Å². The number of fused-ring (bicyclic) bond motifs is 1. The standard InChI is InChI=1S/C19H21FN2O3/c20-12-1-3-13(4-2-12)22-11-19(7-16(22)23)5-6-21(10-19)18(24)17-14-8-25-9-15(14)17/h1-4,14-15,17H,5-11H2/t14-,15+,17?,19?. The maximum atomic E-state index is 13.1. The van der Waals surface area contributed by atoms with Gasteiger partial charge in [0, 0.05) is 43.1 Å². The third-order valence-corrected chi connectivity index (χ3v) is 6.45. The molecule has 4 atom stereocenters. The fourth-order valence-corrected chi connectivity index (χ4v) is 4.97. The van der Waals surface area contributed by atoms with Gasteiger partial charge in [0.2, 0.25) is 11.8 Å². The molecule has 4 fully saturated rings. The first-order valence-electron chi connectivity index (χ1n) is 8.99. The fraction of sp³-hybridized carbons (Fsp3) is 0.579. The van der Waals surface area contributed by atoms with Gasteiger partial charge in [0.15, 0.2) is 0 Å². The molecule has 132 valence electrons. The van der Waals surface area contributed by atoms with Gasteiger partial charge in [0.1, 0.15) is 5.82 Å². The predicted octanol–water partition coefficient (Wildman–Crippen LogP) is 1.67. The van der Waals surface area contributed by atoms with Crippen LogP contribution in [0.4, 0.5) is 10.1 Å². The molecule has 3 saturated heterocycles. The molecule has 0 N–H and O–H groups in total. The first kappa shape index (κ1) is 15.3. The number of benzene rings is 1. The molecule has 4 aliphatic rings. The van der Waals surface area contributed by atoms with Crippen molar-refractivity contribution in [3.63, 3.8) is 0 Å². The lowest BCUT2D eigenvalue weighted by atomic mass is 9.86. The Balaban J connectivity index is 1.28. The molecule has 5 rings (SSSR count). The number of carbonyl (C=O) groups excluding carboxylic acids is 2. The van der Waals surface area contributed by atoms with Gasteiger partial charge in [0.05, 0.1) is 13.2 Å². The van der Waals surface area contributed by atoms with E-state index in [1.165, 1.54) is 12.1 Å². The number of likely N-dealkylation sites (tertiary alicyclic amines) is 1. The van der Waals surface area contributed by atoms with Gasteiger partial charge >= 0.3 is 0 Å². The van der Waals surface area contributed by atoms with E-state index < -0.39 is 0 Å². The van der Waals surface area contributed by atoms with E-state index in [1.54, 1.807) is 17.0 Å². The van der Waals surface area contributed by atoms with Crippen molar-refractivity contribution >= 4 is 17.5 Å². The Bertz CT molecular complexity index is 727. The van der Waals surface area contributed by atoms with Gasteiger partial charge in [0.25, 0.3) is 0 Å².